The number of hydrogen-bond acceptors (Lipinski definition) is 5. The van der Waals surface area contributed by atoms with Gasteiger partial charge in [-0.2, -0.15) is 0 Å². The number of nitrogens with zero attached hydrogens (tertiary/aromatic N) is 5. The van der Waals surface area contributed by atoms with Gasteiger partial charge in [-0.3, -0.25) is 4.57 Å². The van der Waals surface area contributed by atoms with Crippen LogP contribution < -0.4 is 5.32 Å². The van der Waals surface area contributed by atoms with Crippen LogP contribution in [0, 0.1) is 5.92 Å². The van der Waals surface area contributed by atoms with Crippen molar-refractivity contribution in [1.82, 2.24) is 25.1 Å². The Bertz CT molecular complexity index is 1120. The molecule has 0 spiro atoms. The Morgan fingerprint density at radius 2 is 1.97 bits per heavy atom. The number of pyridine rings is 1. The molecule has 0 saturated carbocycles. The van der Waals surface area contributed by atoms with Crippen molar-refractivity contribution in [1.29, 1.82) is 0 Å². The lowest BCUT2D eigenvalue weighted by Gasteiger charge is -2.13. The van der Waals surface area contributed by atoms with Gasteiger partial charge < -0.3 is 5.32 Å². The van der Waals surface area contributed by atoms with Crippen molar-refractivity contribution < 1.29 is 0 Å². The molecule has 1 aliphatic rings. The lowest BCUT2D eigenvalue weighted by molar-refractivity contribution is 0.552. The predicted molar refractivity (Wildman–Crippen MR) is 126 cm³/mol. The summed E-state index contributed by atoms with van der Waals surface area (Å²) in [5, 5.41) is 12.6. The Labute approximate surface area is 183 Å². The van der Waals surface area contributed by atoms with Crippen LogP contribution in [0.3, 0.4) is 0 Å². The summed E-state index contributed by atoms with van der Waals surface area (Å²) in [6.45, 7) is 12.3. The van der Waals surface area contributed by atoms with Crippen molar-refractivity contribution in [2.24, 2.45) is 10.9 Å². The van der Waals surface area contributed by atoms with E-state index in [2.05, 4.69) is 69.8 Å². The van der Waals surface area contributed by atoms with Gasteiger partial charge in [0, 0.05) is 18.3 Å². The standard InChI is InChI=1S/C25H28N6/c1-5-8-21-20(6-2)25-30-29-24(31(25)22-9-7-14-27-23(22)28-21)19-12-10-18(11-13-19)16-26-15-17(3)4/h5-14,17,20,26H,2,15-16H2,1,3-4H3/b8-5-. The Morgan fingerprint density at radius 1 is 1.16 bits per heavy atom. The Morgan fingerprint density at radius 3 is 2.68 bits per heavy atom. The third-order valence-electron chi connectivity index (χ3n) is 5.19. The van der Waals surface area contributed by atoms with E-state index in [1.807, 2.05) is 37.3 Å². The Kier molecular flexibility index (Phi) is 6.18. The molecular formula is C25H28N6. The third kappa shape index (κ3) is 4.25. The average molecular weight is 413 g/mol. The molecular weight excluding hydrogens is 384 g/mol. The fourth-order valence-electron chi connectivity index (χ4n) is 3.71. The van der Waals surface area contributed by atoms with E-state index in [-0.39, 0.29) is 5.92 Å². The number of allylic oxidation sites excluding steroid dienone is 3. The van der Waals surface area contributed by atoms with E-state index in [9.17, 15) is 0 Å². The zero-order valence-corrected chi connectivity index (χ0v) is 18.3. The number of aliphatic imine (C=N–C) groups is 1. The van der Waals surface area contributed by atoms with Gasteiger partial charge in [-0.1, -0.05) is 50.3 Å². The predicted octanol–water partition coefficient (Wildman–Crippen LogP) is 5.01. The molecule has 0 fully saturated rings. The smallest absolute Gasteiger partial charge is 0.176 e. The minimum Gasteiger partial charge on any atom is -0.312 e. The largest absolute Gasteiger partial charge is 0.312 e. The molecule has 4 rings (SSSR count). The van der Waals surface area contributed by atoms with Crippen molar-refractivity contribution in [2.45, 2.75) is 33.2 Å². The lowest BCUT2D eigenvalue weighted by atomic mass is 10.0. The number of hydrogen-bond donors (Lipinski definition) is 1. The van der Waals surface area contributed by atoms with Crippen LogP contribution >= 0.6 is 0 Å². The minimum absolute atomic E-state index is 0.175. The van der Waals surface area contributed by atoms with Crippen LogP contribution in [-0.4, -0.2) is 32.0 Å². The maximum Gasteiger partial charge on any atom is 0.176 e. The highest BCUT2D eigenvalue weighted by atomic mass is 15.3. The summed E-state index contributed by atoms with van der Waals surface area (Å²) >= 11 is 0. The van der Waals surface area contributed by atoms with Crippen molar-refractivity contribution in [3.63, 3.8) is 0 Å². The van der Waals surface area contributed by atoms with E-state index in [0.29, 0.717) is 11.7 Å². The SMILES string of the molecule is C=CC1C(/C=C\C)=Nc2ncccc2-n2c(-c3ccc(CNCC(C)C)cc3)nnc21. The molecule has 0 saturated heterocycles. The van der Waals surface area contributed by atoms with Gasteiger partial charge in [0.25, 0.3) is 0 Å². The van der Waals surface area contributed by atoms with E-state index in [0.717, 1.165) is 41.7 Å². The summed E-state index contributed by atoms with van der Waals surface area (Å²) in [4.78, 5) is 9.33. The highest BCUT2D eigenvalue weighted by Crippen LogP contribution is 2.35. The van der Waals surface area contributed by atoms with Crippen LogP contribution in [-0.2, 0) is 6.54 Å². The first-order valence-electron chi connectivity index (χ1n) is 10.7. The summed E-state index contributed by atoms with van der Waals surface area (Å²) < 4.78 is 2.06. The molecule has 1 aromatic carbocycles. The van der Waals surface area contributed by atoms with Crippen molar-refractivity contribution in [3.8, 4) is 17.1 Å². The zero-order chi connectivity index (χ0) is 21.8. The van der Waals surface area contributed by atoms with Crippen LogP contribution in [0.1, 0.15) is 38.1 Å². The van der Waals surface area contributed by atoms with Crippen molar-refractivity contribution in [3.05, 3.63) is 78.8 Å². The summed E-state index contributed by atoms with van der Waals surface area (Å²) in [6.07, 6.45) is 7.57. The van der Waals surface area contributed by atoms with E-state index in [1.54, 1.807) is 6.20 Å². The van der Waals surface area contributed by atoms with Gasteiger partial charge in [-0.05, 0) is 43.2 Å². The van der Waals surface area contributed by atoms with E-state index >= 15 is 0 Å². The number of rotatable bonds is 7. The van der Waals surface area contributed by atoms with Gasteiger partial charge in [0.2, 0.25) is 0 Å². The Hall–Kier alpha value is -3.38. The summed E-state index contributed by atoms with van der Waals surface area (Å²) in [7, 11) is 0. The molecule has 3 heterocycles. The van der Waals surface area contributed by atoms with Gasteiger partial charge in [0.15, 0.2) is 17.5 Å². The first-order valence-corrected chi connectivity index (χ1v) is 10.7. The maximum atomic E-state index is 4.82. The van der Waals surface area contributed by atoms with Crippen molar-refractivity contribution >= 4 is 11.5 Å². The number of aromatic nitrogens is 4. The zero-order valence-electron chi connectivity index (χ0n) is 18.3. The molecule has 0 aliphatic carbocycles. The third-order valence-corrected chi connectivity index (χ3v) is 5.19. The van der Waals surface area contributed by atoms with Gasteiger partial charge in [-0.25, -0.2) is 9.98 Å². The molecule has 0 amide bonds. The minimum atomic E-state index is -0.175. The highest BCUT2D eigenvalue weighted by Gasteiger charge is 2.28. The molecule has 1 atom stereocenters. The number of benzene rings is 1. The van der Waals surface area contributed by atoms with E-state index in [4.69, 9.17) is 4.99 Å². The summed E-state index contributed by atoms with van der Waals surface area (Å²) in [6, 6.07) is 12.4. The fraction of sp³-hybridized carbons (Fsp3) is 0.280. The van der Waals surface area contributed by atoms with Crippen LogP contribution in [0.4, 0.5) is 5.82 Å². The molecule has 158 valence electrons. The van der Waals surface area contributed by atoms with Crippen LogP contribution in [0.15, 0.2) is 72.4 Å². The average Bonchev–Trinajstić information content (AvgIpc) is 3.14. The molecule has 1 N–H and O–H groups in total. The molecule has 6 heteroatoms. The highest BCUT2D eigenvalue weighted by molar-refractivity contribution is 6.03. The molecule has 1 aliphatic heterocycles. The molecule has 0 radical (unpaired) electrons. The van der Waals surface area contributed by atoms with Crippen LogP contribution in [0.25, 0.3) is 17.1 Å². The molecule has 0 bridgehead atoms. The van der Waals surface area contributed by atoms with Crippen LogP contribution in [0.2, 0.25) is 0 Å². The second-order valence-electron chi connectivity index (χ2n) is 8.04. The molecule has 31 heavy (non-hydrogen) atoms. The van der Waals surface area contributed by atoms with Gasteiger partial charge >= 0.3 is 0 Å². The van der Waals surface area contributed by atoms with Gasteiger partial charge in [0.05, 0.1) is 17.3 Å². The maximum absolute atomic E-state index is 4.82. The molecule has 3 aromatic rings. The monoisotopic (exact) mass is 412 g/mol. The second-order valence-corrected chi connectivity index (χ2v) is 8.04. The number of nitrogens with one attached hydrogen (secondary N) is 1. The van der Waals surface area contributed by atoms with Crippen molar-refractivity contribution in [2.75, 3.05) is 6.54 Å². The first kappa shape index (κ1) is 20.9. The van der Waals surface area contributed by atoms with E-state index < -0.39 is 0 Å². The quantitative estimate of drug-likeness (QED) is 0.554. The van der Waals surface area contributed by atoms with Gasteiger partial charge in [-0.15, -0.1) is 16.8 Å². The van der Waals surface area contributed by atoms with Gasteiger partial charge in [0.1, 0.15) is 0 Å². The summed E-state index contributed by atoms with van der Waals surface area (Å²) in [5.41, 5.74) is 3.96. The van der Waals surface area contributed by atoms with Crippen LogP contribution in [0.5, 0.6) is 0 Å². The Balaban J connectivity index is 1.76. The normalized spacial score (nSPS) is 15.5. The van der Waals surface area contributed by atoms with E-state index in [1.165, 1.54) is 5.56 Å². The molecule has 1 unspecified atom stereocenters. The molecule has 6 nitrogen and oxygen atoms in total. The summed E-state index contributed by atoms with van der Waals surface area (Å²) in [5.74, 6) is 2.67. The number of fused-ring (bicyclic) bond motifs is 3. The topological polar surface area (TPSA) is 68.0 Å². The lowest BCUT2D eigenvalue weighted by Crippen LogP contribution is -2.18. The first-order chi connectivity index (χ1) is 15.1. The molecule has 2 aromatic heterocycles. The second kappa shape index (κ2) is 9.18. The fourth-order valence-corrected chi connectivity index (χ4v) is 3.71.